The third-order valence-electron chi connectivity index (χ3n) is 2.75. The largest absolute Gasteiger partial charge is 0.481 e. The van der Waals surface area contributed by atoms with E-state index in [2.05, 4.69) is 15.3 Å². The van der Waals surface area contributed by atoms with Crippen LogP contribution in [0.5, 0.6) is 0 Å². The summed E-state index contributed by atoms with van der Waals surface area (Å²) in [6.07, 6.45) is 1.74. The Balaban J connectivity index is 2.10. The average molecular weight is 245 g/mol. The first-order valence-corrected chi connectivity index (χ1v) is 5.67. The van der Waals surface area contributed by atoms with Crippen molar-refractivity contribution in [1.82, 2.24) is 9.97 Å². The van der Waals surface area contributed by atoms with Crippen molar-refractivity contribution in [2.75, 3.05) is 5.32 Å². The molecule has 2 rings (SSSR count). The Bertz CT molecular complexity index is 546. The third kappa shape index (κ3) is 2.68. The number of rotatable bonds is 4. The van der Waals surface area contributed by atoms with Crippen molar-refractivity contribution in [2.24, 2.45) is 0 Å². The molecule has 0 amide bonds. The van der Waals surface area contributed by atoms with Crippen LogP contribution in [0.4, 0.5) is 11.6 Å². The van der Waals surface area contributed by atoms with Crippen LogP contribution in [0.15, 0.2) is 30.5 Å². The second-order valence-electron chi connectivity index (χ2n) is 4.22. The van der Waals surface area contributed by atoms with Crippen LogP contribution in [0.1, 0.15) is 24.1 Å². The summed E-state index contributed by atoms with van der Waals surface area (Å²) in [5, 5.41) is 12.0. The number of benzene rings is 1. The highest BCUT2D eigenvalue weighted by Gasteiger charge is 2.12. The lowest BCUT2D eigenvalue weighted by Gasteiger charge is -2.08. The zero-order valence-corrected chi connectivity index (χ0v) is 10.3. The van der Waals surface area contributed by atoms with Crippen LogP contribution < -0.4 is 5.32 Å². The zero-order valence-electron chi connectivity index (χ0n) is 10.3. The van der Waals surface area contributed by atoms with E-state index in [-0.39, 0.29) is 0 Å². The summed E-state index contributed by atoms with van der Waals surface area (Å²) >= 11 is 0. The highest BCUT2D eigenvalue weighted by molar-refractivity contribution is 5.75. The molecule has 0 aliphatic heterocycles. The summed E-state index contributed by atoms with van der Waals surface area (Å²) in [6.45, 7) is 3.59. The van der Waals surface area contributed by atoms with Crippen molar-refractivity contribution in [3.63, 3.8) is 0 Å². The first-order chi connectivity index (χ1) is 8.56. The van der Waals surface area contributed by atoms with E-state index in [1.807, 2.05) is 19.1 Å². The number of aliphatic carboxylic acids is 1. The van der Waals surface area contributed by atoms with Crippen molar-refractivity contribution < 1.29 is 9.90 Å². The minimum absolute atomic E-state index is 0.495. The molecule has 1 aromatic heterocycles. The van der Waals surface area contributed by atoms with Gasteiger partial charge in [0.15, 0.2) is 0 Å². The summed E-state index contributed by atoms with van der Waals surface area (Å²) < 4.78 is 0. The van der Waals surface area contributed by atoms with Gasteiger partial charge in [0.25, 0.3) is 0 Å². The molecule has 0 spiro atoms. The molecule has 0 radical (unpaired) electrons. The molecule has 0 saturated carbocycles. The number of carbonyl (C=O) groups is 1. The molecule has 1 heterocycles. The highest BCUT2D eigenvalue weighted by Crippen LogP contribution is 2.19. The number of imidazole rings is 1. The Labute approximate surface area is 105 Å². The summed E-state index contributed by atoms with van der Waals surface area (Å²) in [5.41, 5.74) is 2.63. The molecule has 0 unspecified atom stereocenters. The molecule has 1 atom stereocenters. The van der Waals surface area contributed by atoms with E-state index < -0.39 is 11.9 Å². The van der Waals surface area contributed by atoms with E-state index in [4.69, 9.17) is 5.11 Å². The number of carboxylic acid groups (broad SMARTS) is 1. The van der Waals surface area contributed by atoms with Crippen molar-refractivity contribution in [3.05, 3.63) is 41.7 Å². The second kappa shape index (κ2) is 4.91. The van der Waals surface area contributed by atoms with Gasteiger partial charge in [-0.2, -0.15) is 0 Å². The molecule has 0 aliphatic rings. The standard InChI is InChI=1S/C13H15N3O2/c1-8-7-14-13(15-8)16-11-5-3-10(4-6-11)9(2)12(17)18/h3-7,9H,1-2H3,(H,17,18)(H2,14,15,16)/t9-/m0/s1. The number of aromatic nitrogens is 2. The van der Waals surface area contributed by atoms with Gasteiger partial charge in [-0.15, -0.1) is 0 Å². The van der Waals surface area contributed by atoms with Gasteiger partial charge in [0.05, 0.1) is 5.92 Å². The summed E-state index contributed by atoms with van der Waals surface area (Å²) in [7, 11) is 0. The van der Waals surface area contributed by atoms with Crippen molar-refractivity contribution in [1.29, 1.82) is 0 Å². The molecular formula is C13H15N3O2. The Morgan fingerprint density at radius 2 is 2.06 bits per heavy atom. The molecule has 0 fully saturated rings. The predicted octanol–water partition coefficient (Wildman–Crippen LogP) is 2.65. The molecule has 18 heavy (non-hydrogen) atoms. The number of hydrogen-bond acceptors (Lipinski definition) is 3. The Kier molecular flexibility index (Phi) is 3.32. The molecular weight excluding hydrogens is 230 g/mol. The maximum Gasteiger partial charge on any atom is 0.310 e. The fourth-order valence-electron chi connectivity index (χ4n) is 1.61. The van der Waals surface area contributed by atoms with E-state index >= 15 is 0 Å². The minimum atomic E-state index is -0.822. The van der Waals surface area contributed by atoms with Gasteiger partial charge in [-0.25, -0.2) is 4.98 Å². The van der Waals surface area contributed by atoms with Gasteiger partial charge in [-0.1, -0.05) is 12.1 Å². The summed E-state index contributed by atoms with van der Waals surface area (Å²) in [6, 6.07) is 7.28. The second-order valence-corrected chi connectivity index (χ2v) is 4.22. The summed E-state index contributed by atoms with van der Waals surface area (Å²) in [4.78, 5) is 18.0. The van der Waals surface area contributed by atoms with E-state index in [9.17, 15) is 4.79 Å². The molecule has 1 aromatic carbocycles. The lowest BCUT2D eigenvalue weighted by atomic mass is 10.0. The van der Waals surface area contributed by atoms with Crippen molar-refractivity contribution in [2.45, 2.75) is 19.8 Å². The van der Waals surface area contributed by atoms with Gasteiger partial charge >= 0.3 is 5.97 Å². The van der Waals surface area contributed by atoms with Crippen LogP contribution in [0.3, 0.4) is 0 Å². The topological polar surface area (TPSA) is 78.0 Å². The maximum absolute atomic E-state index is 10.8. The molecule has 2 aromatic rings. The number of aryl methyl sites for hydroxylation is 1. The fourth-order valence-corrected chi connectivity index (χ4v) is 1.61. The van der Waals surface area contributed by atoms with Gasteiger partial charge in [-0.3, -0.25) is 4.79 Å². The molecule has 0 bridgehead atoms. The van der Waals surface area contributed by atoms with Crippen LogP contribution in [0.2, 0.25) is 0 Å². The van der Waals surface area contributed by atoms with E-state index in [1.165, 1.54) is 0 Å². The number of nitrogens with zero attached hydrogens (tertiary/aromatic N) is 1. The predicted molar refractivity (Wildman–Crippen MR) is 69.1 cm³/mol. The SMILES string of the molecule is Cc1cnc(Nc2ccc([C@H](C)C(=O)O)cc2)[nH]1. The summed E-state index contributed by atoms with van der Waals surface area (Å²) in [5.74, 6) is -0.645. The van der Waals surface area contributed by atoms with Gasteiger partial charge in [0, 0.05) is 17.6 Å². The highest BCUT2D eigenvalue weighted by atomic mass is 16.4. The lowest BCUT2D eigenvalue weighted by molar-refractivity contribution is -0.138. The van der Waals surface area contributed by atoms with Gasteiger partial charge in [0.1, 0.15) is 0 Å². The van der Waals surface area contributed by atoms with E-state index in [0.29, 0.717) is 5.95 Å². The number of anilines is 2. The molecule has 0 aliphatic carbocycles. The van der Waals surface area contributed by atoms with Gasteiger partial charge in [0.2, 0.25) is 5.95 Å². The Morgan fingerprint density at radius 1 is 1.39 bits per heavy atom. The van der Waals surface area contributed by atoms with Crippen LogP contribution in [0.25, 0.3) is 0 Å². The van der Waals surface area contributed by atoms with Gasteiger partial charge < -0.3 is 15.4 Å². The molecule has 0 saturated heterocycles. The average Bonchev–Trinajstić information content (AvgIpc) is 2.75. The Morgan fingerprint density at radius 3 is 2.56 bits per heavy atom. The number of aromatic amines is 1. The minimum Gasteiger partial charge on any atom is -0.481 e. The quantitative estimate of drug-likeness (QED) is 0.773. The number of H-pyrrole nitrogens is 1. The molecule has 5 nitrogen and oxygen atoms in total. The maximum atomic E-state index is 10.8. The molecule has 5 heteroatoms. The van der Waals surface area contributed by atoms with Crippen molar-refractivity contribution in [3.8, 4) is 0 Å². The third-order valence-corrected chi connectivity index (χ3v) is 2.75. The first kappa shape index (κ1) is 12.2. The van der Waals surface area contributed by atoms with E-state index in [0.717, 1.165) is 16.9 Å². The number of carboxylic acids is 1. The Hall–Kier alpha value is -2.30. The van der Waals surface area contributed by atoms with Gasteiger partial charge in [-0.05, 0) is 31.5 Å². The zero-order chi connectivity index (χ0) is 13.1. The molecule has 3 N–H and O–H groups in total. The normalized spacial score (nSPS) is 12.1. The first-order valence-electron chi connectivity index (χ1n) is 5.67. The van der Waals surface area contributed by atoms with Crippen LogP contribution in [0, 0.1) is 6.92 Å². The lowest BCUT2D eigenvalue weighted by Crippen LogP contribution is -2.07. The van der Waals surface area contributed by atoms with Crippen LogP contribution in [-0.2, 0) is 4.79 Å². The number of hydrogen-bond donors (Lipinski definition) is 3. The van der Waals surface area contributed by atoms with Crippen LogP contribution >= 0.6 is 0 Å². The van der Waals surface area contributed by atoms with E-state index in [1.54, 1.807) is 25.3 Å². The van der Waals surface area contributed by atoms with Crippen molar-refractivity contribution >= 4 is 17.6 Å². The smallest absolute Gasteiger partial charge is 0.310 e. The molecule has 94 valence electrons. The monoisotopic (exact) mass is 245 g/mol. The van der Waals surface area contributed by atoms with Crippen LogP contribution in [-0.4, -0.2) is 21.0 Å². The fraction of sp³-hybridized carbons (Fsp3) is 0.231. The number of nitrogens with one attached hydrogen (secondary N) is 2.